The van der Waals surface area contributed by atoms with Gasteiger partial charge in [0.15, 0.2) is 0 Å². The largest absolute Gasteiger partial charge is 0.465 e. The summed E-state index contributed by atoms with van der Waals surface area (Å²) in [5.74, 6) is 0.310. The van der Waals surface area contributed by atoms with Gasteiger partial charge in [-0.3, -0.25) is 0 Å². The molecule has 24 heavy (non-hydrogen) atoms. The van der Waals surface area contributed by atoms with Crippen LogP contribution in [0.15, 0.2) is 40.3 Å². The van der Waals surface area contributed by atoms with Gasteiger partial charge in [-0.2, -0.15) is 5.26 Å². The highest BCUT2D eigenvalue weighted by atomic mass is 32.2. The van der Waals surface area contributed by atoms with Crippen molar-refractivity contribution in [3.63, 3.8) is 0 Å². The van der Waals surface area contributed by atoms with Crippen LogP contribution in [0.4, 0.5) is 11.5 Å². The number of rotatable bonds is 4. The molecule has 0 saturated heterocycles. The number of nitriles is 1. The van der Waals surface area contributed by atoms with Crippen LogP contribution in [0.1, 0.15) is 15.9 Å². The van der Waals surface area contributed by atoms with Crippen molar-refractivity contribution in [3.8, 4) is 6.07 Å². The number of aromatic nitrogens is 1. The van der Waals surface area contributed by atoms with Crippen LogP contribution >= 0.6 is 11.8 Å². The average molecular weight is 341 g/mol. The molecule has 1 aliphatic rings. The lowest BCUT2D eigenvalue weighted by Gasteiger charge is -2.32. The molecule has 3 rings (SSSR count). The van der Waals surface area contributed by atoms with Gasteiger partial charge in [-0.05, 0) is 24.3 Å². The van der Waals surface area contributed by atoms with E-state index < -0.39 is 0 Å². The Balaban J connectivity index is 2.13. The normalized spacial score (nSPS) is 12.1. The van der Waals surface area contributed by atoms with Crippen LogP contribution in [-0.4, -0.2) is 38.3 Å². The molecule has 0 radical (unpaired) electrons. The van der Waals surface area contributed by atoms with Crippen LogP contribution in [0.3, 0.4) is 0 Å². The third kappa shape index (κ3) is 2.82. The minimum Gasteiger partial charge on any atom is -0.465 e. The van der Waals surface area contributed by atoms with Gasteiger partial charge in [-0.15, -0.1) is 0 Å². The number of esters is 1. The summed E-state index contributed by atoms with van der Waals surface area (Å²) in [5, 5.41) is 9.36. The first-order valence-electron chi connectivity index (χ1n) is 7.25. The Bertz CT molecular complexity index is 832. The molecule has 0 saturated carbocycles. The predicted molar refractivity (Wildman–Crippen MR) is 89.7 cm³/mol. The first kappa shape index (κ1) is 16.3. The Morgan fingerprint density at radius 3 is 2.92 bits per heavy atom. The average Bonchev–Trinajstić information content (AvgIpc) is 2.63. The van der Waals surface area contributed by atoms with Crippen LogP contribution < -0.4 is 4.90 Å². The number of benzene rings is 1. The van der Waals surface area contributed by atoms with Crippen LogP contribution in [0.25, 0.3) is 0 Å². The number of methoxy groups -OCH3 is 2. The third-order valence-corrected chi connectivity index (χ3v) is 4.84. The van der Waals surface area contributed by atoms with Crippen LogP contribution in [0.5, 0.6) is 0 Å². The maximum Gasteiger partial charge on any atom is 0.337 e. The summed E-state index contributed by atoms with van der Waals surface area (Å²) in [7, 11) is 2.99. The van der Waals surface area contributed by atoms with Gasteiger partial charge < -0.3 is 14.4 Å². The van der Waals surface area contributed by atoms with E-state index in [2.05, 4.69) is 11.1 Å². The second kappa shape index (κ2) is 6.91. The molecule has 2 aromatic rings. The lowest BCUT2D eigenvalue weighted by molar-refractivity contribution is 0.0600. The Kier molecular flexibility index (Phi) is 4.69. The van der Waals surface area contributed by atoms with E-state index in [0.717, 1.165) is 15.5 Å². The van der Waals surface area contributed by atoms with Crippen molar-refractivity contribution in [2.75, 3.05) is 32.3 Å². The molecule has 122 valence electrons. The fourth-order valence-corrected chi connectivity index (χ4v) is 3.62. The fraction of sp³-hybridized carbons (Fsp3) is 0.235. The highest BCUT2D eigenvalue weighted by Crippen LogP contribution is 2.48. The Labute approximate surface area is 144 Å². The van der Waals surface area contributed by atoms with Crippen LogP contribution in [0, 0.1) is 11.3 Å². The van der Waals surface area contributed by atoms with Gasteiger partial charge in [0.05, 0.1) is 35.4 Å². The number of carbonyl (C=O) groups is 1. The van der Waals surface area contributed by atoms with E-state index in [-0.39, 0.29) is 5.97 Å². The highest BCUT2D eigenvalue weighted by molar-refractivity contribution is 7.99. The predicted octanol–water partition coefficient (Wildman–Crippen LogP) is 2.99. The molecule has 1 aliphatic heterocycles. The number of anilines is 2. The molecule has 0 amide bonds. The highest BCUT2D eigenvalue weighted by Gasteiger charge is 2.27. The molecule has 0 unspecified atom stereocenters. The second-order valence-electron chi connectivity index (χ2n) is 5.04. The Morgan fingerprint density at radius 2 is 2.21 bits per heavy atom. The van der Waals surface area contributed by atoms with E-state index in [0.29, 0.717) is 30.1 Å². The van der Waals surface area contributed by atoms with E-state index in [1.165, 1.54) is 18.9 Å². The Morgan fingerprint density at radius 1 is 1.38 bits per heavy atom. The number of nitrogens with zero attached hydrogens (tertiary/aromatic N) is 3. The van der Waals surface area contributed by atoms with Crippen molar-refractivity contribution in [1.82, 2.24) is 4.98 Å². The third-order valence-electron chi connectivity index (χ3n) is 3.66. The molecule has 6 nitrogen and oxygen atoms in total. The van der Waals surface area contributed by atoms with Crippen LogP contribution in [0.2, 0.25) is 0 Å². The maximum absolute atomic E-state index is 11.8. The zero-order valence-electron chi connectivity index (χ0n) is 13.3. The molecule has 0 fully saturated rings. The molecule has 2 heterocycles. The number of ether oxygens (including phenoxy) is 2. The van der Waals surface area contributed by atoms with Crippen LogP contribution in [-0.2, 0) is 9.47 Å². The molecular formula is C17H15N3O3S. The first-order valence-corrected chi connectivity index (χ1v) is 8.07. The zero-order valence-corrected chi connectivity index (χ0v) is 14.1. The summed E-state index contributed by atoms with van der Waals surface area (Å²) >= 11 is 1.48. The second-order valence-corrected chi connectivity index (χ2v) is 6.10. The topological polar surface area (TPSA) is 75.4 Å². The summed E-state index contributed by atoms with van der Waals surface area (Å²) in [6, 6.07) is 9.28. The summed E-state index contributed by atoms with van der Waals surface area (Å²) in [6.45, 7) is 1.05. The van der Waals surface area contributed by atoms with Gasteiger partial charge in [-0.25, -0.2) is 9.78 Å². The number of carbonyl (C=O) groups excluding carboxylic acids is 1. The first-order chi connectivity index (χ1) is 11.7. The minimum absolute atomic E-state index is 0.390. The minimum atomic E-state index is -0.390. The van der Waals surface area contributed by atoms with Gasteiger partial charge in [-0.1, -0.05) is 11.8 Å². The van der Waals surface area contributed by atoms with Crippen molar-refractivity contribution < 1.29 is 14.3 Å². The standard InChI is InChI=1S/C17H15N3O3S/c1-22-8-7-20-13-9-11(17(21)23-2)3-4-14(13)24-15-12(10-18)5-6-19-16(15)20/h3-6,9H,7-8H2,1-2H3. The van der Waals surface area contributed by atoms with Gasteiger partial charge >= 0.3 is 5.97 Å². The van der Waals surface area contributed by atoms with Gasteiger partial charge in [0.25, 0.3) is 0 Å². The van der Waals surface area contributed by atoms with E-state index in [4.69, 9.17) is 9.47 Å². The molecule has 7 heteroatoms. The molecular weight excluding hydrogens is 326 g/mol. The van der Waals surface area contributed by atoms with E-state index in [9.17, 15) is 10.1 Å². The summed E-state index contributed by atoms with van der Waals surface area (Å²) in [6.07, 6.45) is 1.62. The van der Waals surface area contributed by atoms with Crippen molar-refractivity contribution in [2.24, 2.45) is 0 Å². The van der Waals surface area contributed by atoms with Crippen molar-refractivity contribution in [1.29, 1.82) is 5.26 Å². The molecule has 1 aromatic heterocycles. The molecule has 0 N–H and O–H groups in total. The van der Waals surface area contributed by atoms with E-state index in [1.807, 2.05) is 11.0 Å². The Hall–Kier alpha value is -2.56. The quantitative estimate of drug-likeness (QED) is 0.791. The molecule has 0 spiro atoms. The van der Waals surface area contributed by atoms with E-state index >= 15 is 0 Å². The smallest absolute Gasteiger partial charge is 0.337 e. The summed E-state index contributed by atoms with van der Waals surface area (Å²) < 4.78 is 10.00. The molecule has 0 aliphatic carbocycles. The van der Waals surface area contributed by atoms with Crippen molar-refractivity contribution >= 4 is 29.2 Å². The number of pyridine rings is 1. The fourth-order valence-electron chi connectivity index (χ4n) is 2.51. The molecule has 0 bridgehead atoms. The lowest BCUT2D eigenvalue weighted by atomic mass is 10.1. The summed E-state index contributed by atoms with van der Waals surface area (Å²) in [5.41, 5.74) is 1.91. The summed E-state index contributed by atoms with van der Waals surface area (Å²) in [4.78, 5) is 20.0. The van der Waals surface area contributed by atoms with Crippen molar-refractivity contribution in [3.05, 3.63) is 41.6 Å². The maximum atomic E-state index is 11.8. The SMILES string of the molecule is COCCN1c2cc(C(=O)OC)ccc2Sc2c(C#N)ccnc21. The van der Waals surface area contributed by atoms with Gasteiger partial charge in [0.2, 0.25) is 0 Å². The van der Waals surface area contributed by atoms with Crippen molar-refractivity contribution in [2.45, 2.75) is 9.79 Å². The number of fused-ring (bicyclic) bond motifs is 2. The van der Waals surface area contributed by atoms with Gasteiger partial charge in [0, 0.05) is 24.7 Å². The lowest BCUT2D eigenvalue weighted by Crippen LogP contribution is -2.26. The molecule has 0 atom stereocenters. The zero-order chi connectivity index (χ0) is 17.1. The van der Waals surface area contributed by atoms with E-state index in [1.54, 1.807) is 31.5 Å². The number of hydrogen-bond donors (Lipinski definition) is 0. The number of hydrogen-bond acceptors (Lipinski definition) is 7. The van der Waals surface area contributed by atoms with Gasteiger partial charge in [0.1, 0.15) is 11.9 Å². The molecule has 1 aromatic carbocycles. The monoisotopic (exact) mass is 341 g/mol.